The van der Waals surface area contributed by atoms with Crippen molar-refractivity contribution >= 4 is 23.6 Å². The molecular formula is C49H56N2O11. The second kappa shape index (κ2) is 14.7. The Morgan fingerprint density at radius 3 is 1.94 bits per heavy atom. The van der Waals surface area contributed by atoms with Crippen LogP contribution in [0.25, 0.3) is 0 Å². The van der Waals surface area contributed by atoms with E-state index in [1.165, 1.54) is 9.80 Å². The lowest BCUT2D eigenvalue weighted by atomic mass is 9.71. The number of carbonyl (C=O) groups excluding carboxylic acids is 4. The zero-order chi connectivity index (χ0) is 43.6. The summed E-state index contributed by atoms with van der Waals surface area (Å²) in [4.78, 5) is 59.1. The summed E-state index contributed by atoms with van der Waals surface area (Å²) in [7, 11) is 0. The Labute approximate surface area is 362 Å². The van der Waals surface area contributed by atoms with Gasteiger partial charge in [-0.25, -0.2) is 0 Å². The van der Waals surface area contributed by atoms with Crippen LogP contribution in [0, 0.1) is 50.9 Å². The van der Waals surface area contributed by atoms with Gasteiger partial charge in [0.15, 0.2) is 0 Å². The highest BCUT2D eigenvalue weighted by atomic mass is 16.6. The number of epoxide rings is 2. The van der Waals surface area contributed by atoms with Crippen molar-refractivity contribution in [3.05, 3.63) is 93.1 Å². The zero-order valence-corrected chi connectivity index (χ0v) is 36.5. The summed E-state index contributed by atoms with van der Waals surface area (Å²) >= 11 is 0. The smallest absolute Gasteiger partial charge is 0.260 e. The second-order valence-electron chi connectivity index (χ2n) is 19.8. The van der Waals surface area contributed by atoms with E-state index in [1.807, 2.05) is 53.7 Å². The first-order valence-electron chi connectivity index (χ1n) is 22.1. The normalized spacial score (nSPS) is 32.1. The molecule has 8 aliphatic rings. The number of fused-ring (bicyclic) bond motifs is 9. The first-order valence-corrected chi connectivity index (χ1v) is 22.1. The molecule has 0 aromatic heterocycles. The summed E-state index contributed by atoms with van der Waals surface area (Å²) in [5.74, 6) is -1.41. The van der Waals surface area contributed by atoms with Gasteiger partial charge in [0.25, 0.3) is 11.8 Å². The average molecular weight is 849 g/mol. The molecule has 0 spiro atoms. The summed E-state index contributed by atoms with van der Waals surface area (Å²) < 4.78 is 36.0. The molecule has 9 unspecified atom stereocenters. The Bertz CT molecular complexity index is 2260. The minimum absolute atomic E-state index is 0.0439. The number of carbonyl (C=O) groups is 4. The van der Waals surface area contributed by atoms with Gasteiger partial charge in [-0.05, 0) is 91.3 Å². The lowest BCUT2D eigenvalue weighted by Crippen LogP contribution is -2.45. The molecule has 0 saturated carbocycles. The molecule has 4 bridgehead atoms. The van der Waals surface area contributed by atoms with E-state index in [-0.39, 0.29) is 61.5 Å². The Morgan fingerprint density at radius 1 is 0.806 bits per heavy atom. The van der Waals surface area contributed by atoms with E-state index in [0.717, 1.165) is 44.9 Å². The molecule has 13 nitrogen and oxygen atoms in total. The van der Waals surface area contributed by atoms with Gasteiger partial charge in [0.05, 0.1) is 48.9 Å². The predicted octanol–water partition coefficient (Wildman–Crippen LogP) is 4.72. The fourth-order valence-electron chi connectivity index (χ4n) is 11.5. The van der Waals surface area contributed by atoms with Crippen molar-refractivity contribution in [2.75, 3.05) is 46.1 Å². The maximum Gasteiger partial charge on any atom is 0.260 e. The summed E-state index contributed by atoms with van der Waals surface area (Å²) in [6.07, 6.45) is 7.63. The number of imide groups is 2. The molecule has 62 heavy (non-hydrogen) atoms. The fraction of sp³-hybridized carbons (Fsp3) is 0.551. The highest BCUT2D eigenvalue weighted by molar-refractivity contribution is 6.22. The minimum Gasteiger partial charge on any atom is -0.490 e. The number of benzene rings is 2. The zero-order valence-electron chi connectivity index (χ0n) is 36.5. The van der Waals surface area contributed by atoms with Crippen LogP contribution in [0.5, 0.6) is 11.5 Å². The predicted molar refractivity (Wildman–Crippen MR) is 224 cm³/mol. The van der Waals surface area contributed by atoms with E-state index in [2.05, 4.69) is 31.2 Å². The van der Waals surface area contributed by atoms with Crippen molar-refractivity contribution in [1.29, 1.82) is 0 Å². The van der Waals surface area contributed by atoms with Crippen LogP contribution in [0.2, 0.25) is 0 Å². The van der Waals surface area contributed by atoms with Crippen molar-refractivity contribution in [1.82, 2.24) is 9.80 Å². The highest BCUT2D eigenvalue weighted by Crippen LogP contribution is 2.57. The average Bonchev–Trinajstić information content (AvgIpc) is 4.01. The fourth-order valence-corrected chi connectivity index (χ4v) is 11.5. The van der Waals surface area contributed by atoms with Gasteiger partial charge in [-0.1, -0.05) is 63.3 Å². The van der Waals surface area contributed by atoms with E-state index in [4.69, 9.17) is 28.4 Å². The lowest BCUT2D eigenvalue weighted by molar-refractivity contribution is -0.147. The van der Waals surface area contributed by atoms with E-state index in [9.17, 15) is 24.3 Å². The molecular weight excluding hydrogens is 793 g/mol. The minimum atomic E-state index is -1.25. The molecule has 0 aliphatic carbocycles. The second-order valence-corrected chi connectivity index (χ2v) is 19.8. The number of aliphatic hydroxyl groups is 1. The number of amides is 4. The van der Waals surface area contributed by atoms with Crippen LogP contribution >= 0.6 is 0 Å². The van der Waals surface area contributed by atoms with Gasteiger partial charge in [-0.2, -0.15) is 0 Å². The van der Waals surface area contributed by atoms with Crippen molar-refractivity contribution in [3.63, 3.8) is 0 Å². The monoisotopic (exact) mass is 848 g/mol. The molecule has 328 valence electrons. The highest BCUT2D eigenvalue weighted by Gasteiger charge is 2.68. The maximum absolute atomic E-state index is 14.8. The maximum atomic E-state index is 14.8. The van der Waals surface area contributed by atoms with Crippen LogP contribution in [-0.4, -0.2) is 120 Å². The number of aryl methyl sites for hydroxylation is 4. The van der Waals surface area contributed by atoms with E-state index in [1.54, 1.807) is 12.2 Å². The topological polar surface area (TPSA) is 157 Å². The summed E-state index contributed by atoms with van der Waals surface area (Å²) in [6.45, 7) is 16.7. The SMILES string of the molecule is Cc1cc(C(c2cc(C)c(OCC3CO3)c(C)c2)C23C=CC(O2)C2=C3C(=O)N(CCC(C)CC(C)(C)CN3C(=O)C4C5C=CC(CO)(O5)C4C3=O)C2=O)cc(C)c1OCC1CO1. The van der Waals surface area contributed by atoms with E-state index in [0.29, 0.717) is 50.4 Å². The van der Waals surface area contributed by atoms with Gasteiger partial charge >= 0.3 is 0 Å². The van der Waals surface area contributed by atoms with Crippen molar-refractivity contribution in [2.24, 2.45) is 23.2 Å². The quantitative estimate of drug-likeness (QED) is 0.134. The standard InChI is InChI=1S/C49H56N2O11/c1-25(18-47(6,7)23-51-44(54)36-34-8-11-48(24-52,61-34)39(36)45(51)55)10-13-50-43(53)37-35-9-12-49(62-35,40(37)46(50)56)38(30-14-26(2)41(27(3)15-30)59-21-32-19-57-32)31-16-28(4)42(29(5)17-31)60-22-33-20-58-33/h8-9,11-12,14-17,25,32-36,38-39,52H,10,13,18-24H2,1-7H3. The lowest BCUT2D eigenvalue weighted by Gasteiger charge is -2.37. The molecule has 4 saturated heterocycles. The number of rotatable bonds is 17. The number of hydrogen-bond acceptors (Lipinski definition) is 11. The van der Waals surface area contributed by atoms with Crippen LogP contribution in [-0.2, 0) is 38.1 Å². The summed E-state index contributed by atoms with van der Waals surface area (Å²) in [5, 5.41) is 10.1. The largest absolute Gasteiger partial charge is 0.490 e. The third-order valence-corrected chi connectivity index (χ3v) is 14.2. The van der Waals surface area contributed by atoms with Crippen molar-refractivity contribution in [2.45, 2.75) is 103 Å². The summed E-state index contributed by atoms with van der Waals surface area (Å²) in [5.41, 5.74) is 3.62. The number of likely N-dealkylation sites (tertiary alicyclic amines) is 1. The molecule has 9 atom stereocenters. The molecule has 1 N–H and O–H groups in total. The van der Waals surface area contributed by atoms with Crippen molar-refractivity contribution in [3.8, 4) is 11.5 Å². The first-order chi connectivity index (χ1) is 29.5. The number of aliphatic hydroxyl groups excluding tert-OH is 1. The molecule has 0 radical (unpaired) electrons. The molecule has 10 rings (SSSR count). The number of ether oxygens (including phenoxy) is 6. The molecule has 2 aromatic carbocycles. The van der Waals surface area contributed by atoms with E-state index < -0.39 is 46.6 Å². The van der Waals surface area contributed by atoms with Crippen LogP contribution in [0.1, 0.15) is 72.9 Å². The molecule has 13 heteroatoms. The number of hydrogen-bond donors (Lipinski definition) is 1. The van der Waals surface area contributed by atoms with Gasteiger partial charge in [-0.15, -0.1) is 0 Å². The number of nitrogens with zero attached hydrogens (tertiary/aromatic N) is 2. The molecule has 8 heterocycles. The molecule has 8 aliphatic heterocycles. The Balaban J connectivity index is 0.889. The van der Waals surface area contributed by atoms with Gasteiger partial charge in [0, 0.05) is 19.0 Å². The third kappa shape index (κ3) is 6.60. The molecule has 4 fully saturated rings. The van der Waals surface area contributed by atoms with Crippen molar-refractivity contribution < 1.29 is 52.7 Å². The van der Waals surface area contributed by atoms with Crippen LogP contribution in [0.4, 0.5) is 0 Å². The summed E-state index contributed by atoms with van der Waals surface area (Å²) in [6, 6.07) is 8.43. The van der Waals surface area contributed by atoms with Gasteiger partial charge in [0.2, 0.25) is 11.8 Å². The Kier molecular flexibility index (Phi) is 9.81. The molecule has 2 aromatic rings. The van der Waals surface area contributed by atoms with Gasteiger partial charge in [0.1, 0.15) is 54.2 Å². The van der Waals surface area contributed by atoms with Gasteiger partial charge in [-0.3, -0.25) is 29.0 Å². The van der Waals surface area contributed by atoms with Crippen LogP contribution in [0.15, 0.2) is 59.7 Å². The van der Waals surface area contributed by atoms with Gasteiger partial charge < -0.3 is 33.5 Å². The Hall–Kier alpha value is -4.66. The first kappa shape index (κ1) is 41.4. The van der Waals surface area contributed by atoms with Crippen LogP contribution in [0.3, 0.4) is 0 Å². The Morgan fingerprint density at radius 2 is 1.39 bits per heavy atom. The third-order valence-electron chi connectivity index (χ3n) is 14.2. The molecule has 4 amide bonds. The van der Waals surface area contributed by atoms with Crippen LogP contribution < -0.4 is 9.47 Å². The van der Waals surface area contributed by atoms with E-state index >= 15 is 0 Å².